The molecule has 54 heavy (non-hydrogen) atoms. The molecule has 4 aromatic carbocycles. The minimum Gasteiger partial charge on any atom is -0.490 e. The molecule has 0 radical (unpaired) electrons. The van der Waals surface area contributed by atoms with Crippen LogP contribution in [-0.2, 0) is 20.6 Å². The first-order valence-corrected chi connectivity index (χ1v) is 19.3. The fourth-order valence-corrected chi connectivity index (χ4v) is 12.1. The van der Waals surface area contributed by atoms with Crippen LogP contribution in [0.2, 0.25) is 0 Å². The zero-order valence-electron chi connectivity index (χ0n) is 28.6. The summed E-state index contributed by atoms with van der Waals surface area (Å²) < 4.78 is 52.8. The minimum absolute atomic E-state index is 0.0767. The maximum Gasteiger partial charge on any atom is 0.416 e. The third-order valence-electron chi connectivity index (χ3n) is 11.2. The molecule has 2 saturated carbocycles. The average Bonchev–Trinajstić information content (AvgIpc) is 3.89. The summed E-state index contributed by atoms with van der Waals surface area (Å²) in [5, 5.41) is 5.52. The molecule has 5 aromatic rings. The van der Waals surface area contributed by atoms with E-state index in [-0.39, 0.29) is 52.0 Å². The molecular formula is C40H32F3N3O6S2. The Kier molecular flexibility index (Phi) is 8.38. The van der Waals surface area contributed by atoms with Crippen molar-refractivity contribution in [3.05, 3.63) is 111 Å². The highest BCUT2D eigenvalue weighted by atomic mass is 32.2. The van der Waals surface area contributed by atoms with E-state index in [0.29, 0.717) is 30.2 Å². The first-order valence-electron chi connectivity index (χ1n) is 17.6. The van der Waals surface area contributed by atoms with E-state index in [2.05, 4.69) is 10.3 Å². The van der Waals surface area contributed by atoms with Crippen molar-refractivity contribution in [1.82, 2.24) is 4.98 Å². The zero-order valence-corrected chi connectivity index (χ0v) is 30.2. The van der Waals surface area contributed by atoms with E-state index in [1.54, 1.807) is 6.07 Å². The molecule has 3 amide bonds. The van der Waals surface area contributed by atoms with E-state index in [1.807, 2.05) is 61.5 Å². The number of fused-ring (bicyclic) bond motifs is 10. The van der Waals surface area contributed by atoms with Crippen LogP contribution in [0.15, 0.2) is 94.7 Å². The summed E-state index contributed by atoms with van der Waals surface area (Å²) in [7, 11) is 0. The van der Waals surface area contributed by atoms with E-state index >= 15 is 0 Å². The van der Waals surface area contributed by atoms with Crippen LogP contribution in [0.4, 0.5) is 24.5 Å². The fourth-order valence-electron chi connectivity index (χ4n) is 9.18. The number of thioether (sulfide) groups is 1. The molecule has 276 valence electrons. The molecule has 4 aliphatic rings. The number of aromatic nitrogens is 1. The van der Waals surface area contributed by atoms with Crippen molar-refractivity contribution >= 4 is 63.0 Å². The molecule has 9 rings (SSSR count). The molecule has 7 atom stereocenters. The van der Waals surface area contributed by atoms with Gasteiger partial charge in [-0.15, -0.1) is 11.8 Å². The molecule has 2 aliphatic heterocycles. The van der Waals surface area contributed by atoms with Gasteiger partial charge in [0.05, 0.1) is 34.7 Å². The van der Waals surface area contributed by atoms with Crippen LogP contribution in [0.3, 0.4) is 0 Å². The van der Waals surface area contributed by atoms with Gasteiger partial charge in [-0.05, 0) is 89.9 Å². The minimum atomic E-state index is -4.63. The lowest BCUT2D eigenvalue weighted by atomic mass is 9.68. The van der Waals surface area contributed by atoms with Crippen LogP contribution >= 0.6 is 23.1 Å². The largest absolute Gasteiger partial charge is 0.490 e. The molecule has 2 aliphatic carbocycles. The lowest BCUT2D eigenvalue weighted by Gasteiger charge is -2.43. The van der Waals surface area contributed by atoms with Crippen LogP contribution in [-0.4, -0.2) is 41.2 Å². The third kappa shape index (κ3) is 5.69. The number of amides is 3. The highest BCUT2D eigenvalue weighted by molar-refractivity contribution is 8.00. The number of thiazole rings is 1. The lowest BCUT2D eigenvalue weighted by molar-refractivity contribution is -0.137. The predicted octanol–water partition coefficient (Wildman–Crippen LogP) is 7.70. The van der Waals surface area contributed by atoms with Gasteiger partial charge in [-0.25, -0.2) is 0 Å². The summed E-state index contributed by atoms with van der Waals surface area (Å²) in [6, 6.07) is 23.3. The number of aromatic amines is 1. The van der Waals surface area contributed by atoms with Gasteiger partial charge in [0.1, 0.15) is 0 Å². The van der Waals surface area contributed by atoms with Crippen molar-refractivity contribution in [1.29, 1.82) is 0 Å². The molecule has 1 aromatic heterocycles. The number of H-pyrrole nitrogens is 1. The first kappa shape index (κ1) is 34.7. The Morgan fingerprint density at radius 2 is 1.67 bits per heavy atom. The van der Waals surface area contributed by atoms with Gasteiger partial charge in [-0.3, -0.25) is 24.1 Å². The van der Waals surface area contributed by atoms with Crippen LogP contribution in [0, 0.1) is 29.6 Å². The second-order valence-corrected chi connectivity index (χ2v) is 16.3. The normalized spacial score (nSPS) is 25.4. The van der Waals surface area contributed by atoms with Crippen molar-refractivity contribution in [3.8, 4) is 11.5 Å². The molecule has 2 bridgehead atoms. The van der Waals surface area contributed by atoms with E-state index < -0.39 is 35.4 Å². The molecule has 1 saturated heterocycles. The van der Waals surface area contributed by atoms with Crippen molar-refractivity contribution in [2.24, 2.45) is 29.6 Å². The number of halogens is 3. The predicted molar refractivity (Wildman–Crippen MR) is 198 cm³/mol. The second kappa shape index (κ2) is 13.0. The Balaban J connectivity index is 1.00. The highest BCUT2D eigenvalue weighted by Crippen LogP contribution is 2.69. The summed E-state index contributed by atoms with van der Waals surface area (Å²) in [5.41, 5.74) is 0.463. The standard InChI is InChI=1S/C40H32F3N3O6S2/c1-2-51-28-15-21(11-13-27(28)52-18-29(47)44-23-12-10-19-6-3-4-7-20(19)14-23)30-31-25-17-26(34(31)53-36-35(30)54-39(50)45-36)33-32(25)37(48)46(38(33)49)24-9-5-8-22(16-24)40(41,42)43/h3-16,25-26,30-34H,2,17-18H2,1H3,(H,44,47)(H,45,50)/t25-,26-,30+,31-,32+,33+,34-/m1/s1. The number of nitrogens with zero attached hydrogens (tertiary/aromatic N) is 1. The van der Waals surface area contributed by atoms with Gasteiger partial charge in [-0.1, -0.05) is 53.8 Å². The number of carbonyl (C=O) groups is 3. The number of ether oxygens (including phenoxy) is 2. The molecule has 0 spiro atoms. The first-order chi connectivity index (χ1) is 26.0. The van der Waals surface area contributed by atoms with Gasteiger partial charge < -0.3 is 19.8 Å². The smallest absolute Gasteiger partial charge is 0.416 e. The molecule has 9 nitrogen and oxygen atoms in total. The van der Waals surface area contributed by atoms with Crippen LogP contribution in [0.5, 0.6) is 11.5 Å². The van der Waals surface area contributed by atoms with Crippen LogP contribution in [0.25, 0.3) is 10.8 Å². The third-order valence-corrected chi connectivity index (χ3v) is 13.8. The topological polar surface area (TPSA) is 118 Å². The van der Waals surface area contributed by atoms with Gasteiger partial charge in [0, 0.05) is 21.7 Å². The van der Waals surface area contributed by atoms with Crippen molar-refractivity contribution in [3.63, 3.8) is 0 Å². The van der Waals surface area contributed by atoms with E-state index in [1.165, 1.54) is 23.9 Å². The molecule has 2 N–H and O–H groups in total. The SMILES string of the molecule is CCOc1cc([C@@H]2c3sc(=O)[nH]c3S[C@@H]3[C@@H]4C[C@@H]([C@@H]5C(=O)N(c6cccc(C(F)(F)F)c6)C(=O)[C@@H]45)[C@H]23)ccc1OCC(=O)Nc1ccc2ccccc2c1. The number of hydrogen-bond donors (Lipinski definition) is 2. The second-order valence-electron chi connectivity index (χ2n) is 14.1. The van der Waals surface area contributed by atoms with Gasteiger partial charge in [0.15, 0.2) is 18.1 Å². The molecule has 3 fully saturated rings. The Morgan fingerprint density at radius 3 is 2.44 bits per heavy atom. The van der Waals surface area contributed by atoms with E-state index in [4.69, 9.17) is 9.47 Å². The number of nitrogens with one attached hydrogen (secondary N) is 2. The highest BCUT2D eigenvalue weighted by Gasteiger charge is 2.69. The Bertz CT molecular complexity index is 2410. The zero-order chi connectivity index (χ0) is 37.5. The lowest BCUT2D eigenvalue weighted by Crippen LogP contribution is -2.42. The number of benzene rings is 4. The van der Waals surface area contributed by atoms with Crippen LogP contribution < -0.4 is 24.6 Å². The Labute approximate surface area is 314 Å². The Morgan fingerprint density at radius 1 is 0.889 bits per heavy atom. The van der Waals surface area contributed by atoms with Crippen LogP contribution in [0.1, 0.15) is 35.3 Å². The van der Waals surface area contributed by atoms with Crippen molar-refractivity contribution < 1.29 is 37.0 Å². The molecule has 3 heterocycles. The van der Waals surface area contributed by atoms with Crippen molar-refractivity contribution in [2.75, 3.05) is 23.4 Å². The number of hydrogen-bond acceptors (Lipinski definition) is 8. The van der Waals surface area contributed by atoms with Gasteiger partial charge in [0.25, 0.3) is 5.91 Å². The van der Waals surface area contributed by atoms with E-state index in [0.717, 1.165) is 54.6 Å². The monoisotopic (exact) mass is 771 g/mol. The number of imide groups is 1. The quantitative estimate of drug-likeness (QED) is 0.155. The fraction of sp³-hybridized carbons (Fsp3) is 0.300. The summed E-state index contributed by atoms with van der Waals surface area (Å²) in [6.07, 6.45) is -4.01. The van der Waals surface area contributed by atoms with Crippen molar-refractivity contribution in [2.45, 2.75) is 35.7 Å². The number of carbonyl (C=O) groups excluding carboxylic acids is 3. The number of alkyl halides is 3. The summed E-state index contributed by atoms with van der Waals surface area (Å²) >= 11 is 2.63. The maximum absolute atomic E-state index is 14.1. The Hall–Kier alpha value is -5.08. The van der Waals surface area contributed by atoms with Gasteiger partial charge in [-0.2, -0.15) is 13.2 Å². The number of anilines is 2. The number of rotatable bonds is 8. The molecule has 0 unspecified atom stereocenters. The summed E-state index contributed by atoms with van der Waals surface area (Å²) in [5.74, 6) is -2.80. The maximum atomic E-state index is 14.1. The van der Waals surface area contributed by atoms with Gasteiger partial charge in [0.2, 0.25) is 11.8 Å². The van der Waals surface area contributed by atoms with Gasteiger partial charge >= 0.3 is 11.0 Å². The molecular weight excluding hydrogens is 740 g/mol. The summed E-state index contributed by atoms with van der Waals surface area (Å²) in [6.45, 7) is 1.88. The molecule has 14 heteroatoms. The summed E-state index contributed by atoms with van der Waals surface area (Å²) in [4.78, 5) is 58.3. The average molecular weight is 772 g/mol. The van der Waals surface area contributed by atoms with E-state index in [9.17, 15) is 32.3 Å².